The van der Waals surface area contributed by atoms with Gasteiger partial charge in [0.15, 0.2) is 5.65 Å². The number of nitrogens with two attached hydrogens (primary N) is 1. The maximum Gasteiger partial charge on any atom is 0.173 e. The van der Waals surface area contributed by atoms with Crippen LogP contribution in [0.25, 0.3) is 5.65 Å². The molecular formula is C24H25BrN6O. The van der Waals surface area contributed by atoms with Crippen LogP contribution in [-0.4, -0.2) is 26.7 Å². The Hall–Kier alpha value is -3.10. The SMILES string of the molecule is NC1CCC(Nc2cc(Nc3ccc(Oc4ccccc4)cc3)n3ncc(Br)c3n2)CC1. The molecule has 0 atom stereocenters. The molecular weight excluding hydrogens is 468 g/mol. The molecule has 1 aliphatic rings. The average molecular weight is 493 g/mol. The predicted octanol–water partition coefficient (Wildman–Crippen LogP) is 5.71. The Bertz CT molecular complexity index is 1190. The maximum atomic E-state index is 6.05. The number of anilines is 3. The van der Waals surface area contributed by atoms with Crippen LogP contribution in [0.2, 0.25) is 0 Å². The van der Waals surface area contributed by atoms with E-state index in [0.29, 0.717) is 12.1 Å². The van der Waals surface area contributed by atoms with Gasteiger partial charge in [0.2, 0.25) is 0 Å². The lowest BCUT2D eigenvalue weighted by atomic mass is 9.92. The number of para-hydroxylation sites is 1. The van der Waals surface area contributed by atoms with Crippen LogP contribution in [0.5, 0.6) is 11.5 Å². The molecule has 4 N–H and O–H groups in total. The molecule has 2 aromatic heterocycles. The third kappa shape index (κ3) is 4.71. The summed E-state index contributed by atoms with van der Waals surface area (Å²) in [5.41, 5.74) is 7.74. The van der Waals surface area contributed by atoms with Gasteiger partial charge in [-0.15, -0.1) is 0 Å². The van der Waals surface area contributed by atoms with Crippen molar-refractivity contribution in [2.24, 2.45) is 5.73 Å². The first-order chi connectivity index (χ1) is 15.6. The van der Waals surface area contributed by atoms with Crippen LogP contribution < -0.4 is 21.1 Å². The van der Waals surface area contributed by atoms with Gasteiger partial charge in [-0.05, 0) is 78.0 Å². The van der Waals surface area contributed by atoms with Crippen molar-refractivity contribution in [1.82, 2.24) is 14.6 Å². The van der Waals surface area contributed by atoms with Crippen LogP contribution in [0.3, 0.4) is 0 Å². The number of hydrogen-bond acceptors (Lipinski definition) is 6. The summed E-state index contributed by atoms with van der Waals surface area (Å²) in [6.07, 6.45) is 5.95. The predicted molar refractivity (Wildman–Crippen MR) is 131 cm³/mol. The van der Waals surface area contributed by atoms with Gasteiger partial charge in [-0.1, -0.05) is 18.2 Å². The molecule has 1 fully saturated rings. The Balaban J connectivity index is 1.36. The van der Waals surface area contributed by atoms with Crippen LogP contribution in [0.4, 0.5) is 17.3 Å². The Morgan fingerprint density at radius 3 is 2.44 bits per heavy atom. The molecule has 0 amide bonds. The van der Waals surface area contributed by atoms with Crippen molar-refractivity contribution in [3.63, 3.8) is 0 Å². The third-order valence-corrected chi connectivity index (χ3v) is 6.22. The van der Waals surface area contributed by atoms with E-state index < -0.39 is 0 Å². The molecule has 0 unspecified atom stereocenters. The van der Waals surface area contributed by atoms with Crippen LogP contribution in [0.15, 0.2) is 71.3 Å². The number of ether oxygens (including phenoxy) is 1. The molecule has 0 radical (unpaired) electrons. The number of hydrogen-bond donors (Lipinski definition) is 3. The van der Waals surface area contributed by atoms with Gasteiger partial charge >= 0.3 is 0 Å². The van der Waals surface area contributed by atoms with Crippen LogP contribution in [0, 0.1) is 0 Å². The van der Waals surface area contributed by atoms with Crippen molar-refractivity contribution >= 4 is 38.9 Å². The fraction of sp³-hybridized carbons (Fsp3) is 0.250. The number of halogens is 1. The number of fused-ring (bicyclic) bond motifs is 1. The third-order valence-electron chi connectivity index (χ3n) is 5.66. The van der Waals surface area contributed by atoms with Gasteiger partial charge in [0.05, 0.1) is 10.7 Å². The minimum Gasteiger partial charge on any atom is -0.457 e. The van der Waals surface area contributed by atoms with Crippen molar-refractivity contribution < 1.29 is 4.74 Å². The number of nitrogens with zero attached hydrogens (tertiary/aromatic N) is 3. The highest BCUT2D eigenvalue weighted by molar-refractivity contribution is 9.10. The first kappa shape index (κ1) is 20.8. The standard InChI is InChI=1S/C24H25BrN6O/c25-21-15-27-31-23(14-22(30-24(21)31)28-17-8-6-16(26)7-9-17)29-18-10-12-20(13-11-18)32-19-4-2-1-3-5-19/h1-5,10-17,29H,6-9,26H2,(H,28,30). The van der Waals surface area contributed by atoms with E-state index in [0.717, 1.165) is 64.6 Å². The molecule has 0 bridgehead atoms. The van der Waals surface area contributed by atoms with Crippen LogP contribution >= 0.6 is 15.9 Å². The van der Waals surface area contributed by atoms with Gasteiger partial charge in [0.1, 0.15) is 23.1 Å². The molecule has 1 saturated carbocycles. The van der Waals surface area contributed by atoms with Gasteiger partial charge < -0.3 is 21.1 Å². The molecule has 7 nitrogen and oxygen atoms in total. The Labute approximate surface area is 195 Å². The average Bonchev–Trinajstić information content (AvgIpc) is 3.18. The molecule has 0 aliphatic heterocycles. The molecule has 0 spiro atoms. The summed E-state index contributed by atoms with van der Waals surface area (Å²) in [5, 5.41) is 11.5. The van der Waals surface area contributed by atoms with E-state index in [9.17, 15) is 0 Å². The molecule has 4 aromatic rings. The normalized spacial score (nSPS) is 18.4. The fourth-order valence-corrected chi connectivity index (χ4v) is 4.30. The first-order valence-electron chi connectivity index (χ1n) is 10.8. The molecule has 2 heterocycles. The largest absolute Gasteiger partial charge is 0.457 e. The summed E-state index contributed by atoms with van der Waals surface area (Å²) in [6, 6.07) is 20.3. The molecule has 32 heavy (non-hydrogen) atoms. The summed E-state index contributed by atoms with van der Waals surface area (Å²) in [6.45, 7) is 0. The maximum absolute atomic E-state index is 6.05. The second-order valence-corrected chi connectivity index (χ2v) is 8.93. The van der Waals surface area contributed by atoms with Gasteiger partial charge in [0.25, 0.3) is 0 Å². The zero-order valence-corrected chi connectivity index (χ0v) is 19.1. The molecule has 8 heteroatoms. The highest BCUT2D eigenvalue weighted by Crippen LogP contribution is 2.28. The molecule has 5 rings (SSSR count). The lowest BCUT2D eigenvalue weighted by molar-refractivity contribution is 0.410. The van der Waals surface area contributed by atoms with Gasteiger partial charge in [0, 0.05) is 23.8 Å². The monoisotopic (exact) mass is 492 g/mol. The van der Waals surface area contributed by atoms with Gasteiger partial charge in [-0.25, -0.2) is 4.98 Å². The van der Waals surface area contributed by atoms with Crippen molar-refractivity contribution in [3.8, 4) is 11.5 Å². The van der Waals surface area contributed by atoms with E-state index in [2.05, 4.69) is 31.7 Å². The van der Waals surface area contributed by atoms with Crippen molar-refractivity contribution in [1.29, 1.82) is 0 Å². The van der Waals surface area contributed by atoms with E-state index in [4.69, 9.17) is 15.5 Å². The fourth-order valence-electron chi connectivity index (χ4n) is 3.95. The minimum absolute atomic E-state index is 0.318. The lowest BCUT2D eigenvalue weighted by Crippen LogP contribution is -2.33. The first-order valence-corrected chi connectivity index (χ1v) is 11.6. The molecule has 2 aromatic carbocycles. The van der Waals surface area contributed by atoms with E-state index >= 15 is 0 Å². The van der Waals surface area contributed by atoms with Crippen LogP contribution in [-0.2, 0) is 0 Å². The Morgan fingerprint density at radius 2 is 1.69 bits per heavy atom. The Kier molecular flexibility index (Phi) is 5.96. The number of nitrogens with one attached hydrogen (secondary N) is 2. The summed E-state index contributed by atoms with van der Waals surface area (Å²) >= 11 is 3.56. The molecule has 164 valence electrons. The number of aromatic nitrogens is 3. The molecule has 1 aliphatic carbocycles. The zero-order chi connectivity index (χ0) is 21.9. The smallest absolute Gasteiger partial charge is 0.173 e. The van der Waals surface area contributed by atoms with E-state index in [1.165, 1.54) is 0 Å². The topological polar surface area (TPSA) is 89.5 Å². The van der Waals surface area contributed by atoms with Crippen LogP contribution in [0.1, 0.15) is 25.7 Å². The van der Waals surface area contributed by atoms with Gasteiger partial charge in [-0.3, -0.25) is 0 Å². The summed E-state index contributed by atoms with van der Waals surface area (Å²) in [4.78, 5) is 4.76. The highest BCUT2D eigenvalue weighted by Gasteiger charge is 2.19. The second-order valence-electron chi connectivity index (χ2n) is 8.08. The van der Waals surface area contributed by atoms with Crippen molar-refractivity contribution in [2.75, 3.05) is 10.6 Å². The van der Waals surface area contributed by atoms with E-state index in [1.807, 2.05) is 60.7 Å². The lowest BCUT2D eigenvalue weighted by Gasteiger charge is -2.27. The number of benzene rings is 2. The summed E-state index contributed by atoms with van der Waals surface area (Å²) in [5.74, 6) is 3.24. The minimum atomic E-state index is 0.318. The van der Waals surface area contributed by atoms with E-state index in [-0.39, 0.29) is 0 Å². The second kappa shape index (κ2) is 9.18. The zero-order valence-electron chi connectivity index (χ0n) is 17.5. The van der Waals surface area contributed by atoms with Gasteiger partial charge in [-0.2, -0.15) is 9.61 Å². The molecule has 0 saturated heterocycles. The van der Waals surface area contributed by atoms with Crippen molar-refractivity contribution in [3.05, 3.63) is 71.3 Å². The quantitative estimate of drug-likeness (QED) is 0.319. The highest BCUT2D eigenvalue weighted by atomic mass is 79.9. The van der Waals surface area contributed by atoms with E-state index in [1.54, 1.807) is 10.7 Å². The Morgan fingerprint density at radius 1 is 0.969 bits per heavy atom. The summed E-state index contributed by atoms with van der Waals surface area (Å²) < 4.78 is 8.53. The summed E-state index contributed by atoms with van der Waals surface area (Å²) in [7, 11) is 0. The number of rotatable bonds is 6. The van der Waals surface area contributed by atoms with Crippen molar-refractivity contribution in [2.45, 2.75) is 37.8 Å².